The summed E-state index contributed by atoms with van der Waals surface area (Å²) in [6, 6.07) is 6.61. The molecule has 6 heteroatoms. The normalized spacial score (nSPS) is 11.7. The van der Waals surface area contributed by atoms with Gasteiger partial charge in [-0.25, -0.2) is 4.79 Å². The molecule has 1 atom stereocenters. The molecule has 0 fully saturated rings. The van der Waals surface area contributed by atoms with Gasteiger partial charge in [0.25, 0.3) is 0 Å². The van der Waals surface area contributed by atoms with Crippen molar-refractivity contribution in [3.63, 3.8) is 0 Å². The summed E-state index contributed by atoms with van der Waals surface area (Å²) in [5.74, 6) is 0.576. The molecule has 0 radical (unpaired) electrons. The standard InChI is InChI=1S/C13H17NO5/c1-2-12(16)9-3-5-11(6-4-9)18-7-10(15)8-19-13(14)17/h3-6,10,15H,2,7-8H2,1H3,(H2,14,17). The molecule has 19 heavy (non-hydrogen) atoms. The maximum atomic E-state index is 11.4. The molecule has 0 saturated carbocycles. The van der Waals surface area contributed by atoms with Crippen LogP contribution in [0.25, 0.3) is 0 Å². The third-order valence-corrected chi connectivity index (χ3v) is 2.36. The maximum absolute atomic E-state index is 11.4. The van der Waals surface area contributed by atoms with E-state index in [1.807, 2.05) is 0 Å². The Morgan fingerprint density at radius 3 is 2.42 bits per heavy atom. The molecule has 0 saturated heterocycles. The molecule has 0 aromatic heterocycles. The van der Waals surface area contributed by atoms with Crippen LogP contribution >= 0.6 is 0 Å². The first-order chi connectivity index (χ1) is 9.02. The van der Waals surface area contributed by atoms with Crippen molar-refractivity contribution in [2.45, 2.75) is 19.4 Å². The van der Waals surface area contributed by atoms with E-state index in [1.54, 1.807) is 31.2 Å². The van der Waals surface area contributed by atoms with Crippen molar-refractivity contribution in [1.82, 2.24) is 0 Å². The summed E-state index contributed by atoms with van der Waals surface area (Å²) in [4.78, 5) is 21.7. The van der Waals surface area contributed by atoms with E-state index in [-0.39, 0.29) is 19.0 Å². The molecular weight excluding hydrogens is 250 g/mol. The molecule has 1 amide bonds. The zero-order chi connectivity index (χ0) is 14.3. The van der Waals surface area contributed by atoms with Crippen molar-refractivity contribution in [1.29, 1.82) is 0 Å². The van der Waals surface area contributed by atoms with Crippen LogP contribution in [0.3, 0.4) is 0 Å². The van der Waals surface area contributed by atoms with Crippen LogP contribution in [0.1, 0.15) is 23.7 Å². The second kappa shape index (κ2) is 7.38. The van der Waals surface area contributed by atoms with E-state index >= 15 is 0 Å². The average Bonchev–Trinajstić information content (AvgIpc) is 2.42. The second-order valence-electron chi connectivity index (χ2n) is 3.90. The van der Waals surface area contributed by atoms with Crippen LogP contribution in [-0.4, -0.2) is 36.3 Å². The van der Waals surface area contributed by atoms with Gasteiger partial charge in [0.1, 0.15) is 25.1 Å². The van der Waals surface area contributed by atoms with Crippen molar-refractivity contribution in [2.75, 3.05) is 13.2 Å². The zero-order valence-corrected chi connectivity index (χ0v) is 10.7. The van der Waals surface area contributed by atoms with Crippen molar-refractivity contribution in [3.05, 3.63) is 29.8 Å². The summed E-state index contributed by atoms with van der Waals surface area (Å²) in [5, 5.41) is 9.43. The fourth-order valence-corrected chi connectivity index (χ4v) is 1.36. The Balaban J connectivity index is 2.41. The number of aliphatic hydroxyl groups excluding tert-OH is 1. The predicted molar refractivity (Wildman–Crippen MR) is 68.1 cm³/mol. The van der Waals surface area contributed by atoms with Gasteiger partial charge in [-0.1, -0.05) is 6.92 Å². The first-order valence-corrected chi connectivity index (χ1v) is 5.89. The van der Waals surface area contributed by atoms with Crippen molar-refractivity contribution in [3.8, 4) is 5.75 Å². The van der Waals surface area contributed by atoms with Gasteiger partial charge in [0.15, 0.2) is 5.78 Å². The third-order valence-electron chi connectivity index (χ3n) is 2.36. The van der Waals surface area contributed by atoms with E-state index in [2.05, 4.69) is 4.74 Å². The molecule has 1 aromatic carbocycles. The molecule has 1 unspecified atom stereocenters. The Morgan fingerprint density at radius 1 is 1.26 bits per heavy atom. The Hall–Kier alpha value is -2.08. The van der Waals surface area contributed by atoms with Gasteiger partial charge in [0.2, 0.25) is 0 Å². The number of hydrogen-bond acceptors (Lipinski definition) is 5. The van der Waals surface area contributed by atoms with Crippen LogP contribution in [0.4, 0.5) is 4.79 Å². The lowest BCUT2D eigenvalue weighted by Crippen LogP contribution is -2.27. The lowest BCUT2D eigenvalue weighted by Gasteiger charge is -2.12. The minimum absolute atomic E-state index is 0.0334. The molecule has 1 rings (SSSR count). The Morgan fingerprint density at radius 2 is 1.89 bits per heavy atom. The molecule has 0 aliphatic carbocycles. The maximum Gasteiger partial charge on any atom is 0.404 e. The van der Waals surface area contributed by atoms with Gasteiger partial charge in [-0.3, -0.25) is 4.79 Å². The number of primary amides is 1. The highest BCUT2D eigenvalue weighted by Gasteiger charge is 2.08. The summed E-state index contributed by atoms with van der Waals surface area (Å²) >= 11 is 0. The third kappa shape index (κ3) is 5.39. The highest BCUT2D eigenvalue weighted by Crippen LogP contribution is 2.13. The van der Waals surface area contributed by atoms with Gasteiger partial charge >= 0.3 is 6.09 Å². The number of ketones is 1. The number of nitrogens with two attached hydrogens (primary N) is 1. The highest BCUT2D eigenvalue weighted by molar-refractivity contribution is 5.95. The molecule has 0 bridgehead atoms. The molecule has 104 valence electrons. The average molecular weight is 267 g/mol. The first kappa shape index (κ1) is 15.0. The lowest BCUT2D eigenvalue weighted by atomic mass is 10.1. The molecule has 3 N–H and O–H groups in total. The summed E-state index contributed by atoms with van der Waals surface area (Å²) in [7, 11) is 0. The minimum atomic E-state index is -0.954. The fourth-order valence-electron chi connectivity index (χ4n) is 1.36. The second-order valence-corrected chi connectivity index (χ2v) is 3.90. The number of aliphatic hydroxyl groups is 1. The van der Waals surface area contributed by atoms with E-state index in [4.69, 9.17) is 10.5 Å². The highest BCUT2D eigenvalue weighted by atomic mass is 16.6. The quantitative estimate of drug-likeness (QED) is 0.721. The molecule has 0 heterocycles. The number of ether oxygens (including phenoxy) is 2. The van der Waals surface area contributed by atoms with Gasteiger partial charge in [0, 0.05) is 12.0 Å². The predicted octanol–water partition coefficient (Wildman–Crippen LogP) is 1.11. The SMILES string of the molecule is CCC(=O)c1ccc(OCC(O)COC(N)=O)cc1. The Bertz CT molecular complexity index is 429. The van der Waals surface area contributed by atoms with E-state index in [9.17, 15) is 14.7 Å². The topological polar surface area (TPSA) is 98.8 Å². The number of Topliss-reactive ketones (excluding diaryl/α,β-unsaturated/α-hetero) is 1. The molecule has 0 aliphatic rings. The summed E-state index contributed by atoms with van der Waals surface area (Å²) in [6.45, 7) is 1.54. The number of amides is 1. The first-order valence-electron chi connectivity index (χ1n) is 5.89. The smallest absolute Gasteiger partial charge is 0.404 e. The van der Waals surface area contributed by atoms with Gasteiger partial charge in [0.05, 0.1) is 0 Å². The van der Waals surface area contributed by atoms with Crippen molar-refractivity contribution in [2.24, 2.45) is 5.73 Å². The van der Waals surface area contributed by atoms with Gasteiger partial charge in [-0.15, -0.1) is 0 Å². The number of hydrogen-bond donors (Lipinski definition) is 2. The summed E-state index contributed by atoms with van der Waals surface area (Å²) in [5.41, 5.74) is 5.38. The van der Waals surface area contributed by atoms with E-state index < -0.39 is 12.2 Å². The van der Waals surface area contributed by atoms with E-state index in [1.165, 1.54) is 0 Å². The van der Waals surface area contributed by atoms with Crippen LogP contribution < -0.4 is 10.5 Å². The Kier molecular flexibility index (Phi) is 5.81. The van der Waals surface area contributed by atoms with E-state index in [0.29, 0.717) is 17.7 Å². The van der Waals surface area contributed by atoms with Crippen LogP contribution in [0.5, 0.6) is 5.75 Å². The number of benzene rings is 1. The van der Waals surface area contributed by atoms with Crippen LogP contribution in [0.2, 0.25) is 0 Å². The van der Waals surface area contributed by atoms with Crippen LogP contribution in [-0.2, 0) is 4.74 Å². The van der Waals surface area contributed by atoms with Gasteiger partial charge < -0.3 is 20.3 Å². The summed E-state index contributed by atoms with van der Waals surface area (Å²) < 4.78 is 9.70. The van der Waals surface area contributed by atoms with Crippen molar-refractivity contribution < 1.29 is 24.2 Å². The minimum Gasteiger partial charge on any atom is -0.491 e. The molecule has 0 spiro atoms. The lowest BCUT2D eigenvalue weighted by molar-refractivity contribution is 0.0419. The molecular formula is C13H17NO5. The van der Waals surface area contributed by atoms with Crippen molar-refractivity contribution >= 4 is 11.9 Å². The number of carbonyl (C=O) groups excluding carboxylic acids is 2. The van der Waals surface area contributed by atoms with Crippen LogP contribution in [0, 0.1) is 0 Å². The molecule has 6 nitrogen and oxygen atoms in total. The number of carbonyl (C=O) groups is 2. The number of rotatable bonds is 7. The van der Waals surface area contributed by atoms with Crippen LogP contribution in [0.15, 0.2) is 24.3 Å². The Labute approximate surface area is 111 Å². The summed E-state index contributed by atoms with van der Waals surface area (Å²) in [6.07, 6.45) is -1.45. The van der Waals surface area contributed by atoms with Gasteiger partial charge in [-0.05, 0) is 24.3 Å². The van der Waals surface area contributed by atoms with Gasteiger partial charge in [-0.2, -0.15) is 0 Å². The largest absolute Gasteiger partial charge is 0.491 e. The zero-order valence-electron chi connectivity index (χ0n) is 10.7. The monoisotopic (exact) mass is 267 g/mol. The molecule has 1 aromatic rings. The molecule has 0 aliphatic heterocycles. The fraction of sp³-hybridized carbons (Fsp3) is 0.385. The van der Waals surface area contributed by atoms with E-state index in [0.717, 1.165) is 0 Å².